The summed E-state index contributed by atoms with van der Waals surface area (Å²) in [7, 11) is 0. The number of hydrogen-bond acceptors (Lipinski definition) is 12. The molecule has 0 aromatic rings. The van der Waals surface area contributed by atoms with Gasteiger partial charge in [0.25, 0.3) is 0 Å². The minimum Gasteiger partial charge on any atom is -1.00 e. The van der Waals surface area contributed by atoms with Crippen LogP contribution < -0.4 is 29.6 Å². The number of rotatable bonds is 17. The molecular formula is C18H21NaO19. The van der Waals surface area contributed by atoms with Gasteiger partial charge in [0.2, 0.25) is 11.2 Å². The number of carbonyl (C=O) groups excluding carboxylic acids is 2. The van der Waals surface area contributed by atoms with Crippen molar-refractivity contribution in [2.75, 3.05) is 0 Å². The Hall–Kier alpha value is -3.81. The van der Waals surface area contributed by atoms with Crippen molar-refractivity contribution in [2.24, 2.45) is 0 Å². The number of carbonyl (C=O) groups is 9. The van der Waals surface area contributed by atoms with Crippen LogP contribution >= 0.6 is 0 Å². The van der Waals surface area contributed by atoms with Crippen molar-refractivity contribution >= 4 is 53.7 Å². The molecule has 0 saturated carbocycles. The Labute approximate surface area is 233 Å². The molecule has 208 valence electrons. The zero-order valence-electron chi connectivity index (χ0n) is 20.3. The number of carboxylic acid groups (broad SMARTS) is 7. The molecule has 0 heterocycles. The fourth-order valence-electron chi connectivity index (χ4n) is 2.84. The second-order valence-electron chi connectivity index (χ2n) is 7.52. The molecule has 38 heavy (non-hydrogen) atoms. The number of carboxylic acids is 7. The largest absolute Gasteiger partial charge is 1.00 e. The number of ether oxygens (including phenoxy) is 2. The monoisotopic (exact) mass is 564 g/mol. The minimum atomic E-state index is -3.50. The zero-order valence-corrected chi connectivity index (χ0v) is 21.3. The summed E-state index contributed by atoms with van der Waals surface area (Å²) in [6.45, 7) is 0. The average Bonchev–Trinajstić information content (AvgIpc) is 2.64. The summed E-state index contributed by atoms with van der Waals surface area (Å²) in [5.41, 5.74) is -10.2. The smallest absolute Gasteiger partial charge is 1.00 e. The van der Waals surface area contributed by atoms with Crippen LogP contribution in [0.25, 0.3) is 0 Å². The number of aliphatic carboxylic acids is 7. The maximum Gasteiger partial charge on any atom is 1.00 e. The van der Waals surface area contributed by atoms with E-state index in [9.17, 15) is 58.5 Å². The summed E-state index contributed by atoms with van der Waals surface area (Å²) in [5, 5.41) is 73.2. The van der Waals surface area contributed by atoms with Crippen LogP contribution in [0.2, 0.25) is 0 Å². The van der Waals surface area contributed by atoms with Crippen molar-refractivity contribution < 1.29 is 124 Å². The fourth-order valence-corrected chi connectivity index (χ4v) is 2.84. The van der Waals surface area contributed by atoms with Gasteiger partial charge in [-0.3, -0.25) is 28.8 Å². The number of aliphatic hydroxyl groups is 1. The minimum absolute atomic E-state index is 0. The summed E-state index contributed by atoms with van der Waals surface area (Å²) in [6.07, 6.45) is -10.3. The quantitative estimate of drug-likeness (QED) is 0.0602. The Morgan fingerprint density at radius 1 is 0.474 bits per heavy atom. The predicted octanol–water partition coefficient (Wildman–Crippen LogP) is -5.67. The first-order valence-corrected chi connectivity index (χ1v) is 9.44. The van der Waals surface area contributed by atoms with Crippen LogP contribution in [-0.2, 0) is 52.6 Å². The van der Waals surface area contributed by atoms with Gasteiger partial charge in [0.15, 0.2) is 5.60 Å². The van der Waals surface area contributed by atoms with Crippen LogP contribution in [0.15, 0.2) is 0 Å². The van der Waals surface area contributed by atoms with Gasteiger partial charge in [-0.15, -0.1) is 0 Å². The van der Waals surface area contributed by atoms with Crippen LogP contribution in [0, 0.1) is 0 Å². The molecule has 0 radical (unpaired) electrons. The molecule has 0 fully saturated rings. The molecule has 0 aliphatic rings. The molecule has 0 bridgehead atoms. The normalized spacial score (nSPS) is 13.8. The van der Waals surface area contributed by atoms with Gasteiger partial charge in [-0.1, -0.05) is 0 Å². The van der Waals surface area contributed by atoms with E-state index in [0.29, 0.717) is 0 Å². The standard InChI is InChI=1S/C18H20O19.Na.H/c19-7(20)1-16(35,13(29)30)5-11(27)36-18(15(33)34,4-10(25)26)6-12(28)37-17(14(31)32,2-8(21)22)3-9(23)24;;/h35H,1-6H2,(H,19,20)(H,21,22)(H,23,24)(H,25,26)(H,29,30)(H,31,32)(H,33,34);;/q;+1;-1. The fraction of sp³-hybridized carbons (Fsp3) is 0.500. The molecule has 19 nitrogen and oxygen atoms in total. The molecule has 0 rings (SSSR count). The van der Waals surface area contributed by atoms with Crippen LogP contribution in [0.3, 0.4) is 0 Å². The molecule has 2 atom stereocenters. The van der Waals surface area contributed by atoms with Crippen molar-refractivity contribution in [3.8, 4) is 0 Å². The zero-order chi connectivity index (χ0) is 29.4. The van der Waals surface area contributed by atoms with Crippen molar-refractivity contribution in [2.45, 2.75) is 55.3 Å². The van der Waals surface area contributed by atoms with Crippen molar-refractivity contribution in [3.63, 3.8) is 0 Å². The molecule has 0 aromatic heterocycles. The maximum absolute atomic E-state index is 12.4. The van der Waals surface area contributed by atoms with E-state index in [1.165, 1.54) is 0 Å². The first-order chi connectivity index (χ1) is 16.7. The SMILES string of the molecule is O=C(O)CC(O)(CC(=O)OC(CC(=O)O)(CC(=O)OC(CC(=O)O)(CC(=O)O)C(=O)O)C(=O)O)C(=O)O.[H-].[Na+]. The second-order valence-corrected chi connectivity index (χ2v) is 7.52. The van der Waals surface area contributed by atoms with E-state index < -0.39 is 109 Å². The topological polar surface area (TPSA) is 334 Å². The Morgan fingerprint density at radius 3 is 1.03 bits per heavy atom. The first kappa shape index (κ1) is 36.3. The van der Waals surface area contributed by atoms with E-state index in [1.807, 2.05) is 0 Å². The van der Waals surface area contributed by atoms with E-state index in [1.54, 1.807) is 0 Å². The first-order valence-electron chi connectivity index (χ1n) is 9.44. The van der Waals surface area contributed by atoms with Gasteiger partial charge in [-0.05, 0) is 0 Å². The third-order valence-electron chi connectivity index (χ3n) is 4.42. The summed E-state index contributed by atoms with van der Waals surface area (Å²) in [6, 6.07) is 0. The van der Waals surface area contributed by atoms with Crippen molar-refractivity contribution in [1.29, 1.82) is 0 Å². The van der Waals surface area contributed by atoms with E-state index in [0.717, 1.165) is 0 Å². The van der Waals surface area contributed by atoms with Gasteiger partial charge >= 0.3 is 83.3 Å². The van der Waals surface area contributed by atoms with Crippen LogP contribution in [0.5, 0.6) is 0 Å². The van der Waals surface area contributed by atoms with Gasteiger partial charge in [-0.2, -0.15) is 0 Å². The number of esters is 2. The van der Waals surface area contributed by atoms with Crippen LogP contribution in [-0.4, -0.2) is 111 Å². The molecule has 0 saturated heterocycles. The third-order valence-corrected chi connectivity index (χ3v) is 4.42. The Bertz CT molecular complexity index is 1010. The summed E-state index contributed by atoms with van der Waals surface area (Å²) in [5.74, 6) is -19.1. The van der Waals surface area contributed by atoms with E-state index in [2.05, 4.69) is 9.47 Å². The molecule has 0 aromatic carbocycles. The third kappa shape index (κ3) is 10.7. The average molecular weight is 564 g/mol. The van der Waals surface area contributed by atoms with Crippen LogP contribution in [0.4, 0.5) is 0 Å². The summed E-state index contributed by atoms with van der Waals surface area (Å²) in [4.78, 5) is 103. The van der Waals surface area contributed by atoms with Gasteiger partial charge in [0, 0.05) is 0 Å². The van der Waals surface area contributed by atoms with Crippen molar-refractivity contribution in [1.82, 2.24) is 0 Å². The van der Waals surface area contributed by atoms with E-state index in [-0.39, 0.29) is 31.0 Å². The Balaban J connectivity index is -0.00000648. The van der Waals surface area contributed by atoms with Gasteiger partial charge in [-0.25, -0.2) is 14.4 Å². The molecular weight excluding hydrogens is 543 g/mol. The molecule has 0 aliphatic carbocycles. The van der Waals surface area contributed by atoms with Gasteiger partial charge in [0.05, 0.1) is 38.5 Å². The predicted molar refractivity (Wildman–Crippen MR) is 105 cm³/mol. The Kier molecular flexibility index (Phi) is 13.6. The van der Waals surface area contributed by atoms with Gasteiger partial charge < -0.3 is 51.8 Å². The second kappa shape index (κ2) is 14.2. The van der Waals surface area contributed by atoms with E-state index >= 15 is 0 Å². The molecule has 0 spiro atoms. The summed E-state index contributed by atoms with van der Waals surface area (Å²) < 4.78 is 8.84. The molecule has 8 N–H and O–H groups in total. The van der Waals surface area contributed by atoms with Gasteiger partial charge in [0.1, 0.15) is 0 Å². The van der Waals surface area contributed by atoms with Crippen LogP contribution in [0.1, 0.15) is 40.0 Å². The van der Waals surface area contributed by atoms with Crippen molar-refractivity contribution in [3.05, 3.63) is 0 Å². The maximum atomic E-state index is 12.4. The molecule has 0 amide bonds. The summed E-state index contributed by atoms with van der Waals surface area (Å²) >= 11 is 0. The molecule has 2 unspecified atom stereocenters. The Morgan fingerprint density at radius 2 is 0.763 bits per heavy atom. The van der Waals surface area contributed by atoms with E-state index in [4.69, 9.17) is 25.5 Å². The number of hydrogen-bond donors (Lipinski definition) is 8. The molecule has 20 heteroatoms. The molecule has 0 aliphatic heterocycles.